The second kappa shape index (κ2) is 3.64. The lowest BCUT2D eigenvalue weighted by molar-refractivity contribution is -0.143. The molecule has 0 saturated carbocycles. The molecule has 0 aromatic rings. The second-order valence-corrected chi connectivity index (χ2v) is 4.47. The molecule has 1 aliphatic rings. The van der Waals surface area contributed by atoms with Crippen LogP contribution in [0.4, 0.5) is 4.39 Å². The molecule has 0 aliphatic carbocycles. The maximum Gasteiger partial charge on any atom is 0.259 e. The lowest BCUT2D eigenvalue weighted by Gasteiger charge is -2.33. The third kappa shape index (κ3) is 2.68. The second-order valence-electron chi connectivity index (χ2n) is 4.47. The third-order valence-electron chi connectivity index (χ3n) is 2.45. The molecule has 1 amide bonds. The summed E-state index contributed by atoms with van der Waals surface area (Å²) in [5, 5.41) is 0. The summed E-state index contributed by atoms with van der Waals surface area (Å²) in [6.07, 6.45) is 2.15. The van der Waals surface area contributed by atoms with Gasteiger partial charge in [0.25, 0.3) is 5.91 Å². The van der Waals surface area contributed by atoms with Gasteiger partial charge in [-0.2, -0.15) is 0 Å². The summed E-state index contributed by atoms with van der Waals surface area (Å²) >= 11 is 0. The quantitative estimate of drug-likeness (QED) is 0.614. The van der Waals surface area contributed by atoms with Gasteiger partial charge in [-0.3, -0.25) is 4.79 Å². The molecule has 0 N–H and O–H groups in total. The van der Waals surface area contributed by atoms with Crippen LogP contribution >= 0.6 is 0 Å². The molecule has 0 radical (unpaired) electrons. The number of carbonyl (C=O) groups is 1. The van der Waals surface area contributed by atoms with E-state index >= 15 is 0 Å². The Morgan fingerprint density at radius 1 is 1.54 bits per heavy atom. The number of amides is 1. The van der Waals surface area contributed by atoms with Crippen molar-refractivity contribution in [1.29, 1.82) is 0 Å². The van der Waals surface area contributed by atoms with Crippen molar-refractivity contribution in [2.75, 3.05) is 13.1 Å². The van der Waals surface area contributed by atoms with Crippen molar-refractivity contribution in [3.05, 3.63) is 0 Å². The van der Waals surface area contributed by atoms with E-state index in [1.807, 2.05) is 0 Å². The monoisotopic (exact) mass is 187 g/mol. The molecule has 13 heavy (non-hydrogen) atoms. The molecule has 0 bridgehead atoms. The minimum absolute atomic E-state index is 0.362. The Balaban J connectivity index is 2.56. The molecule has 1 saturated heterocycles. The molecule has 0 spiro atoms. The van der Waals surface area contributed by atoms with E-state index in [4.69, 9.17) is 0 Å². The summed E-state index contributed by atoms with van der Waals surface area (Å²) in [5.41, 5.74) is -1.71. The maximum absolute atomic E-state index is 13.3. The largest absolute Gasteiger partial charge is 0.340 e. The summed E-state index contributed by atoms with van der Waals surface area (Å²) in [6, 6.07) is 0. The van der Waals surface area contributed by atoms with Crippen molar-refractivity contribution in [2.24, 2.45) is 5.92 Å². The van der Waals surface area contributed by atoms with E-state index in [1.54, 1.807) is 4.90 Å². The number of piperidine rings is 1. The summed E-state index contributed by atoms with van der Waals surface area (Å²) in [7, 11) is 0. The van der Waals surface area contributed by atoms with Gasteiger partial charge in [-0.1, -0.05) is 6.92 Å². The molecule has 0 aromatic heterocycles. The fourth-order valence-corrected chi connectivity index (χ4v) is 1.75. The summed E-state index contributed by atoms with van der Waals surface area (Å²) in [4.78, 5) is 13.2. The van der Waals surface area contributed by atoms with Crippen LogP contribution in [0.25, 0.3) is 0 Å². The minimum atomic E-state index is -1.71. The highest BCUT2D eigenvalue weighted by molar-refractivity contribution is 5.84. The fraction of sp³-hybridized carbons (Fsp3) is 0.900. The van der Waals surface area contributed by atoms with E-state index in [0.29, 0.717) is 12.5 Å². The van der Waals surface area contributed by atoms with Crippen LogP contribution in [0, 0.1) is 5.92 Å². The van der Waals surface area contributed by atoms with Gasteiger partial charge in [0.05, 0.1) is 0 Å². The van der Waals surface area contributed by atoms with Crippen LogP contribution < -0.4 is 0 Å². The SMILES string of the molecule is CC1CCCN(C(=O)C(C)(C)F)C1. The molecule has 1 fully saturated rings. The predicted molar refractivity (Wildman–Crippen MR) is 50.2 cm³/mol. The van der Waals surface area contributed by atoms with Crippen LogP contribution in [0.2, 0.25) is 0 Å². The van der Waals surface area contributed by atoms with Gasteiger partial charge < -0.3 is 4.90 Å². The lowest BCUT2D eigenvalue weighted by Crippen LogP contribution is -2.46. The summed E-state index contributed by atoms with van der Waals surface area (Å²) < 4.78 is 13.3. The molecule has 1 aliphatic heterocycles. The van der Waals surface area contributed by atoms with Gasteiger partial charge >= 0.3 is 0 Å². The molecular weight excluding hydrogens is 169 g/mol. The zero-order chi connectivity index (χ0) is 10.1. The van der Waals surface area contributed by atoms with Gasteiger partial charge in [0.2, 0.25) is 0 Å². The number of halogens is 1. The maximum atomic E-state index is 13.3. The molecule has 0 aromatic carbocycles. The zero-order valence-corrected chi connectivity index (χ0v) is 8.64. The van der Waals surface area contributed by atoms with Crippen LogP contribution in [0.1, 0.15) is 33.6 Å². The van der Waals surface area contributed by atoms with Gasteiger partial charge in [-0.05, 0) is 32.6 Å². The van der Waals surface area contributed by atoms with Gasteiger partial charge in [0.1, 0.15) is 0 Å². The summed E-state index contributed by atoms with van der Waals surface area (Å²) in [6.45, 7) is 6.19. The van der Waals surface area contributed by atoms with Crippen LogP contribution in [0.5, 0.6) is 0 Å². The van der Waals surface area contributed by atoms with Gasteiger partial charge in [0, 0.05) is 13.1 Å². The van der Waals surface area contributed by atoms with E-state index in [1.165, 1.54) is 13.8 Å². The first-order chi connectivity index (χ1) is 5.91. The third-order valence-corrected chi connectivity index (χ3v) is 2.45. The molecule has 1 rings (SSSR count). The van der Waals surface area contributed by atoms with Crippen molar-refractivity contribution in [3.8, 4) is 0 Å². The zero-order valence-electron chi connectivity index (χ0n) is 8.64. The van der Waals surface area contributed by atoms with Crippen molar-refractivity contribution in [2.45, 2.75) is 39.3 Å². The number of rotatable bonds is 1. The van der Waals surface area contributed by atoms with Crippen molar-refractivity contribution in [3.63, 3.8) is 0 Å². The van der Waals surface area contributed by atoms with Crippen LogP contribution in [0.3, 0.4) is 0 Å². The number of alkyl halides is 1. The number of likely N-dealkylation sites (tertiary alicyclic amines) is 1. The first-order valence-corrected chi connectivity index (χ1v) is 4.89. The van der Waals surface area contributed by atoms with E-state index in [9.17, 15) is 9.18 Å². The molecule has 1 unspecified atom stereocenters. The van der Waals surface area contributed by atoms with Crippen LogP contribution in [-0.2, 0) is 4.79 Å². The molecule has 1 atom stereocenters. The smallest absolute Gasteiger partial charge is 0.259 e. The van der Waals surface area contributed by atoms with Crippen LogP contribution in [-0.4, -0.2) is 29.6 Å². The average molecular weight is 187 g/mol. The first-order valence-electron chi connectivity index (χ1n) is 4.89. The van der Waals surface area contributed by atoms with E-state index in [-0.39, 0.29) is 5.91 Å². The highest BCUT2D eigenvalue weighted by atomic mass is 19.1. The first kappa shape index (κ1) is 10.5. The number of nitrogens with zero attached hydrogens (tertiary/aromatic N) is 1. The van der Waals surface area contributed by atoms with E-state index in [0.717, 1.165) is 19.4 Å². The molecule has 2 nitrogen and oxygen atoms in total. The Morgan fingerprint density at radius 3 is 2.62 bits per heavy atom. The molecule has 1 heterocycles. The summed E-state index contributed by atoms with van der Waals surface area (Å²) in [5.74, 6) is 0.152. The van der Waals surface area contributed by atoms with Crippen molar-refractivity contribution >= 4 is 5.91 Å². The Bertz CT molecular complexity index is 198. The number of carbonyl (C=O) groups excluding carboxylic acids is 1. The van der Waals surface area contributed by atoms with E-state index < -0.39 is 5.67 Å². The van der Waals surface area contributed by atoms with Crippen molar-refractivity contribution < 1.29 is 9.18 Å². The van der Waals surface area contributed by atoms with Gasteiger partial charge in [-0.25, -0.2) is 4.39 Å². The van der Waals surface area contributed by atoms with Gasteiger partial charge in [-0.15, -0.1) is 0 Å². The standard InChI is InChI=1S/C10H18FNO/c1-8-5-4-6-12(7-8)9(13)10(2,3)11/h8H,4-7H2,1-3H3. The van der Waals surface area contributed by atoms with Gasteiger partial charge in [0.15, 0.2) is 5.67 Å². The van der Waals surface area contributed by atoms with Crippen molar-refractivity contribution in [1.82, 2.24) is 4.90 Å². The number of hydrogen-bond donors (Lipinski definition) is 0. The minimum Gasteiger partial charge on any atom is -0.340 e. The normalized spacial score (nSPS) is 24.6. The Morgan fingerprint density at radius 2 is 2.15 bits per heavy atom. The van der Waals surface area contributed by atoms with E-state index in [2.05, 4.69) is 6.92 Å². The highest BCUT2D eigenvalue weighted by Crippen LogP contribution is 2.20. The lowest BCUT2D eigenvalue weighted by atomic mass is 9.98. The topological polar surface area (TPSA) is 20.3 Å². The Hall–Kier alpha value is -0.600. The predicted octanol–water partition coefficient (Wildman–Crippen LogP) is 1.99. The number of hydrogen-bond acceptors (Lipinski definition) is 1. The average Bonchev–Trinajstić information content (AvgIpc) is 2.01. The molecule has 76 valence electrons. The molecular formula is C10H18FNO. The Labute approximate surface area is 79.1 Å². The van der Waals surface area contributed by atoms with Crippen LogP contribution in [0.15, 0.2) is 0 Å². The fourth-order valence-electron chi connectivity index (χ4n) is 1.75. The Kier molecular flexibility index (Phi) is 2.94. The highest BCUT2D eigenvalue weighted by Gasteiger charge is 2.33. The molecule has 3 heteroatoms.